The number of piperidine rings is 1. The van der Waals surface area contributed by atoms with Gasteiger partial charge in [-0.2, -0.15) is 4.98 Å². The molecule has 140 valence electrons. The summed E-state index contributed by atoms with van der Waals surface area (Å²) in [6, 6.07) is 1.15. The number of aromatic nitrogens is 2. The van der Waals surface area contributed by atoms with Crippen molar-refractivity contribution in [1.29, 1.82) is 0 Å². The van der Waals surface area contributed by atoms with Gasteiger partial charge >= 0.3 is 0 Å². The lowest BCUT2D eigenvalue weighted by Gasteiger charge is -2.30. The van der Waals surface area contributed by atoms with E-state index in [2.05, 4.69) is 10.1 Å². The molecule has 9 heteroatoms. The predicted octanol–water partition coefficient (Wildman–Crippen LogP) is 1.24. The second-order valence-electron chi connectivity index (χ2n) is 6.06. The standard InChI is InChI=1S/C17H21N3O6/c1-23-7-5-15-18-16(26-19-15)11-4-3-6-20(9-11)17(22)13-8-12(21)14(24-2)10-25-13/h8,10-11H,3-7,9H2,1-2H3. The number of hydrogen-bond acceptors (Lipinski definition) is 8. The number of amides is 1. The largest absolute Gasteiger partial charge is 0.490 e. The maximum Gasteiger partial charge on any atom is 0.289 e. The highest BCUT2D eigenvalue weighted by atomic mass is 16.5. The molecule has 0 bridgehead atoms. The summed E-state index contributed by atoms with van der Waals surface area (Å²) >= 11 is 0. The van der Waals surface area contributed by atoms with Crippen LogP contribution in [-0.2, 0) is 11.2 Å². The maximum absolute atomic E-state index is 12.6. The molecule has 3 heterocycles. The Morgan fingerprint density at radius 1 is 1.42 bits per heavy atom. The minimum absolute atomic E-state index is 0.0113. The first-order valence-corrected chi connectivity index (χ1v) is 8.40. The van der Waals surface area contributed by atoms with E-state index in [1.807, 2.05) is 0 Å². The molecule has 1 saturated heterocycles. The van der Waals surface area contributed by atoms with Gasteiger partial charge in [0.15, 0.2) is 11.6 Å². The van der Waals surface area contributed by atoms with Crippen LogP contribution in [0.3, 0.4) is 0 Å². The monoisotopic (exact) mass is 363 g/mol. The smallest absolute Gasteiger partial charge is 0.289 e. The van der Waals surface area contributed by atoms with E-state index in [1.165, 1.54) is 7.11 Å². The molecule has 26 heavy (non-hydrogen) atoms. The summed E-state index contributed by atoms with van der Waals surface area (Å²) in [6.07, 6.45) is 3.37. The van der Waals surface area contributed by atoms with Gasteiger partial charge in [-0.25, -0.2) is 0 Å². The van der Waals surface area contributed by atoms with E-state index in [0.29, 0.717) is 37.8 Å². The molecule has 9 nitrogen and oxygen atoms in total. The molecule has 0 radical (unpaired) electrons. The fraction of sp³-hybridized carbons (Fsp3) is 0.529. The molecule has 0 spiro atoms. The quantitative estimate of drug-likeness (QED) is 0.754. The molecule has 0 aliphatic carbocycles. The first kappa shape index (κ1) is 18.1. The van der Waals surface area contributed by atoms with Gasteiger partial charge in [0.1, 0.15) is 6.26 Å². The number of nitrogens with zero attached hydrogens (tertiary/aromatic N) is 3. The second kappa shape index (κ2) is 8.13. The zero-order chi connectivity index (χ0) is 18.5. The van der Waals surface area contributed by atoms with Crippen LogP contribution in [0.2, 0.25) is 0 Å². The van der Waals surface area contributed by atoms with E-state index < -0.39 is 5.43 Å². The zero-order valence-corrected chi connectivity index (χ0v) is 14.8. The average molecular weight is 363 g/mol. The molecule has 2 aromatic rings. The summed E-state index contributed by atoms with van der Waals surface area (Å²) in [7, 11) is 2.98. The van der Waals surface area contributed by atoms with Gasteiger partial charge in [0, 0.05) is 32.7 Å². The Bertz CT molecular complexity index is 815. The molecule has 0 N–H and O–H groups in total. The number of likely N-dealkylation sites (tertiary alicyclic amines) is 1. The summed E-state index contributed by atoms with van der Waals surface area (Å²) < 4.78 is 20.5. The lowest BCUT2D eigenvalue weighted by molar-refractivity contribution is 0.0660. The van der Waals surface area contributed by atoms with E-state index in [1.54, 1.807) is 12.0 Å². The Labute approximate surface area is 149 Å². The van der Waals surface area contributed by atoms with Crippen molar-refractivity contribution in [3.63, 3.8) is 0 Å². The average Bonchev–Trinajstić information content (AvgIpc) is 3.15. The Kier molecular flexibility index (Phi) is 5.67. The molecule has 3 rings (SSSR count). The van der Waals surface area contributed by atoms with Crippen LogP contribution in [0.4, 0.5) is 0 Å². The molecule has 0 aromatic carbocycles. The lowest BCUT2D eigenvalue weighted by atomic mass is 9.97. The molecule has 0 saturated carbocycles. The molecule has 1 aliphatic heterocycles. The van der Waals surface area contributed by atoms with E-state index in [4.69, 9.17) is 18.4 Å². The number of rotatable bonds is 6. The highest BCUT2D eigenvalue weighted by molar-refractivity contribution is 5.91. The van der Waals surface area contributed by atoms with Crippen LogP contribution in [0, 0.1) is 0 Å². The molecule has 1 aliphatic rings. The topological polar surface area (TPSA) is 108 Å². The summed E-state index contributed by atoms with van der Waals surface area (Å²) in [6.45, 7) is 1.53. The van der Waals surface area contributed by atoms with Crippen LogP contribution in [0.25, 0.3) is 0 Å². The summed E-state index contributed by atoms with van der Waals surface area (Å²) in [4.78, 5) is 30.5. The van der Waals surface area contributed by atoms with E-state index in [9.17, 15) is 9.59 Å². The fourth-order valence-electron chi connectivity index (χ4n) is 2.91. The molecule has 1 atom stereocenters. The van der Waals surface area contributed by atoms with Crippen LogP contribution in [0.1, 0.15) is 41.0 Å². The van der Waals surface area contributed by atoms with E-state index in [0.717, 1.165) is 25.2 Å². The van der Waals surface area contributed by atoms with E-state index in [-0.39, 0.29) is 23.3 Å². The molecule has 1 fully saturated rings. The molecule has 1 unspecified atom stereocenters. The van der Waals surface area contributed by atoms with Crippen LogP contribution < -0.4 is 10.2 Å². The van der Waals surface area contributed by atoms with Crippen molar-refractivity contribution in [2.24, 2.45) is 0 Å². The summed E-state index contributed by atoms with van der Waals surface area (Å²) in [5, 5.41) is 3.94. The van der Waals surface area contributed by atoms with Gasteiger partial charge in [0.25, 0.3) is 5.91 Å². The van der Waals surface area contributed by atoms with E-state index >= 15 is 0 Å². The third kappa shape index (κ3) is 3.93. The van der Waals surface area contributed by atoms with Gasteiger partial charge in [-0.05, 0) is 12.8 Å². The fourth-order valence-corrected chi connectivity index (χ4v) is 2.91. The first-order chi connectivity index (χ1) is 12.6. The van der Waals surface area contributed by atoms with Crippen LogP contribution >= 0.6 is 0 Å². The zero-order valence-electron chi connectivity index (χ0n) is 14.8. The van der Waals surface area contributed by atoms with Gasteiger partial charge < -0.3 is 23.3 Å². The highest BCUT2D eigenvalue weighted by Gasteiger charge is 2.30. The van der Waals surface area contributed by atoms with Gasteiger partial charge in [-0.1, -0.05) is 5.16 Å². The van der Waals surface area contributed by atoms with Crippen molar-refractivity contribution < 1.29 is 23.2 Å². The first-order valence-electron chi connectivity index (χ1n) is 8.40. The number of carbonyl (C=O) groups is 1. The SMILES string of the molecule is COCCc1noc(C2CCCN(C(=O)c3cc(=O)c(OC)co3)C2)n1. The van der Waals surface area contributed by atoms with Gasteiger partial charge in [0.2, 0.25) is 17.1 Å². The summed E-state index contributed by atoms with van der Waals surface area (Å²) in [5.41, 5.74) is -0.393. The second-order valence-corrected chi connectivity index (χ2v) is 6.06. The minimum Gasteiger partial charge on any atom is -0.490 e. The van der Waals surface area contributed by atoms with Gasteiger partial charge in [-0.15, -0.1) is 0 Å². The Balaban J connectivity index is 1.69. The van der Waals surface area contributed by atoms with Crippen LogP contribution in [0.15, 0.2) is 26.1 Å². The van der Waals surface area contributed by atoms with Gasteiger partial charge in [-0.3, -0.25) is 9.59 Å². The van der Waals surface area contributed by atoms with Crippen molar-refractivity contribution in [3.05, 3.63) is 40.0 Å². The minimum atomic E-state index is -0.393. The number of methoxy groups -OCH3 is 2. The molecule has 2 aromatic heterocycles. The Morgan fingerprint density at radius 3 is 3.00 bits per heavy atom. The third-order valence-electron chi connectivity index (χ3n) is 4.30. The van der Waals surface area contributed by atoms with Crippen molar-refractivity contribution in [1.82, 2.24) is 15.0 Å². The number of carbonyl (C=O) groups excluding carboxylic acids is 1. The molecular formula is C17H21N3O6. The Morgan fingerprint density at radius 2 is 2.27 bits per heavy atom. The van der Waals surface area contributed by atoms with Crippen LogP contribution in [0.5, 0.6) is 5.75 Å². The molecular weight excluding hydrogens is 342 g/mol. The number of ether oxygens (including phenoxy) is 2. The van der Waals surface area contributed by atoms with Crippen molar-refractivity contribution in [3.8, 4) is 5.75 Å². The number of hydrogen-bond donors (Lipinski definition) is 0. The van der Waals surface area contributed by atoms with Gasteiger partial charge in [0.05, 0.1) is 19.6 Å². The van der Waals surface area contributed by atoms with Crippen LogP contribution in [-0.4, -0.2) is 54.9 Å². The third-order valence-corrected chi connectivity index (χ3v) is 4.30. The maximum atomic E-state index is 12.6. The normalized spacial score (nSPS) is 17.3. The van der Waals surface area contributed by atoms with Crippen molar-refractivity contribution in [2.75, 3.05) is 33.9 Å². The highest BCUT2D eigenvalue weighted by Crippen LogP contribution is 2.26. The summed E-state index contributed by atoms with van der Waals surface area (Å²) in [5.74, 6) is 0.779. The van der Waals surface area contributed by atoms with Crippen molar-refractivity contribution in [2.45, 2.75) is 25.2 Å². The molecule has 1 amide bonds. The Hall–Kier alpha value is -2.68. The predicted molar refractivity (Wildman–Crippen MR) is 89.3 cm³/mol. The lowest BCUT2D eigenvalue weighted by Crippen LogP contribution is -2.39. The van der Waals surface area contributed by atoms with Crippen molar-refractivity contribution >= 4 is 5.91 Å².